The topological polar surface area (TPSA) is 52.0 Å². The highest BCUT2D eigenvalue weighted by Crippen LogP contribution is 2.38. The van der Waals surface area contributed by atoms with Gasteiger partial charge in [0.15, 0.2) is 5.89 Å². The summed E-state index contributed by atoms with van der Waals surface area (Å²) in [5, 5.41) is 0. The molecule has 1 aromatic heterocycles. The first-order valence-electron chi connectivity index (χ1n) is 5.90. The first-order valence-corrected chi connectivity index (χ1v) is 5.90. The summed E-state index contributed by atoms with van der Waals surface area (Å²) >= 11 is 0. The maximum atomic E-state index is 5.78. The second-order valence-electron chi connectivity index (χ2n) is 4.79. The highest BCUT2D eigenvalue weighted by molar-refractivity contribution is 5.07. The van der Waals surface area contributed by atoms with Crippen molar-refractivity contribution in [1.29, 1.82) is 0 Å². The van der Waals surface area contributed by atoms with E-state index in [1.807, 2.05) is 6.20 Å². The van der Waals surface area contributed by atoms with Crippen LogP contribution < -0.4 is 5.73 Å². The predicted molar refractivity (Wildman–Crippen MR) is 59.7 cm³/mol. The molecule has 0 amide bonds. The van der Waals surface area contributed by atoms with Crippen LogP contribution in [0.4, 0.5) is 0 Å². The zero-order chi connectivity index (χ0) is 10.7. The van der Waals surface area contributed by atoms with Crippen molar-refractivity contribution in [2.75, 3.05) is 6.54 Å². The maximum Gasteiger partial charge on any atom is 0.200 e. The molecule has 1 saturated carbocycles. The molecular weight excluding hydrogens is 188 g/mol. The van der Waals surface area contributed by atoms with Gasteiger partial charge in [-0.3, -0.25) is 0 Å². The summed E-state index contributed by atoms with van der Waals surface area (Å²) in [6, 6.07) is 0. The highest BCUT2D eigenvalue weighted by atomic mass is 16.4. The number of rotatable bonds is 3. The molecule has 1 aliphatic rings. The number of aromatic nitrogens is 1. The van der Waals surface area contributed by atoms with Crippen LogP contribution in [0.25, 0.3) is 0 Å². The van der Waals surface area contributed by atoms with Crippen molar-refractivity contribution >= 4 is 0 Å². The molecule has 0 saturated heterocycles. The van der Waals surface area contributed by atoms with Crippen molar-refractivity contribution in [3.8, 4) is 0 Å². The van der Waals surface area contributed by atoms with Gasteiger partial charge in [0.25, 0.3) is 0 Å². The van der Waals surface area contributed by atoms with Crippen LogP contribution in [0, 0.1) is 0 Å². The Morgan fingerprint density at radius 3 is 2.80 bits per heavy atom. The molecule has 2 rings (SSSR count). The Labute approximate surface area is 91.1 Å². The van der Waals surface area contributed by atoms with E-state index in [1.54, 1.807) is 0 Å². The highest BCUT2D eigenvalue weighted by Gasteiger charge is 2.33. The summed E-state index contributed by atoms with van der Waals surface area (Å²) in [6.07, 6.45) is 8.98. The molecule has 0 radical (unpaired) electrons. The van der Waals surface area contributed by atoms with Gasteiger partial charge in [-0.15, -0.1) is 0 Å². The van der Waals surface area contributed by atoms with Gasteiger partial charge in [-0.1, -0.05) is 26.2 Å². The Balaban J connectivity index is 2.12. The molecule has 1 fully saturated rings. The van der Waals surface area contributed by atoms with E-state index in [0.717, 1.165) is 18.1 Å². The molecule has 84 valence electrons. The van der Waals surface area contributed by atoms with Crippen molar-refractivity contribution in [2.45, 2.75) is 50.9 Å². The van der Waals surface area contributed by atoms with Gasteiger partial charge >= 0.3 is 0 Å². The SMILES string of the molecule is CC1(c2ncc(CCN)o2)CCCCC1. The summed E-state index contributed by atoms with van der Waals surface area (Å²) in [6.45, 7) is 2.90. The minimum Gasteiger partial charge on any atom is -0.445 e. The van der Waals surface area contributed by atoms with Gasteiger partial charge in [0.2, 0.25) is 0 Å². The van der Waals surface area contributed by atoms with E-state index in [2.05, 4.69) is 11.9 Å². The maximum absolute atomic E-state index is 5.78. The van der Waals surface area contributed by atoms with Crippen LogP contribution in [0.1, 0.15) is 50.7 Å². The van der Waals surface area contributed by atoms with Crippen molar-refractivity contribution in [3.63, 3.8) is 0 Å². The smallest absolute Gasteiger partial charge is 0.200 e. The minimum absolute atomic E-state index is 0.172. The van der Waals surface area contributed by atoms with Crippen LogP contribution in [0.2, 0.25) is 0 Å². The molecule has 1 aromatic rings. The summed E-state index contributed by atoms with van der Waals surface area (Å²) in [4.78, 5) is 4.41. The molecule has 2 N–H and O–H groups in total. The Morgan fingerprint density at radius 1 is 1.40 bits per heavy atom. The lowest BCUT2D eigenvalue weighted by Gasteiger charge is -2.30. The van der Waals surface area contributed by atoms with Crippen molar-refractivity contribution in [2.24, 2.45) is 5.73 Å². The van der Waals surface area contributed by atoms with Gasteiger partial charge in [-0.25, -0.2) is 4.98 Å². The van der Waals surface area contributed by atoms with Crippen molar-refractivity contribution < 1.29 is 4.42 Å². The van der Waals surface area contributed by atoms with E-state index < -0.39 is 0 Å². The van der Waals surface area contributed by atoms with Gasteiger partial charge in [-0.2, -0.15) is 0 Å². The lowest BCUT2D eigenvalue weighted by atomic mass is 9.76. The third-order valence-electron chi connectivity index (χ3n) is 3.42. The molecule has 0 unspecified atom stereocenters. The molecule has 1 aliphatic carbocycles. The number of nitrogens with zero attached hydrogens (tertiary/aromatic N) is 1. The van der Waals surface area contributed by atoms with Crippen LogP contribution in [0.3, 0.4) is 0 Å². The first-order chi connectivity index (χ1) is 7.24. The predicted octanol–water partition coefficient (Wildman–Crippen LogP) is 2.40. The number of oxazole rings is 1. The molecule has 1 heterocycles. The first kappa shape index (κ1) is 10.7. The fraction of sp³-hybridized carbons (Fsp3) is 0.750. The van der Waals surface area contributed by atoms with Gasteiger partial charge in [0.1, 0.15) is 5.76 Å². The van der Waals surface area contributed by atoms with Crippen LogP contribution in [0.15, 0.2) is 10.6 Å². The third kappa shape index (κ3) is 2.23. The quantitative estimate of drug-likeness (QED) is 0.829. The Morgan fingerprint density at radius 2 is 2.13 bits per heavy atom. The zero-order valence-corrected chi connectivity index (χ0v) is 9.46. The molecule has 3 nitrogen and oxygen atoms in total. The van der Waals surface area contributed by atoms with E-state index in [9.17, 15) is 0 Å². The lowest BCUT2D eigenvalue weighted by molar-refractivity contribution is 0.252. The number of nitrogens with two attached hydrogens (primary N) is 1. The van der Waals surface area contributed by atoms with Gasteiger partial charge in [-0.05, 0) is 19.4 Å². The second-order valence-corrected chi connectivity index (χ2v) is 4.79. The van der Waals surface area contributed by atoms with E-state index in [0.29, 0.717) is 6.54 Å². The Kier molecular flexibility index (Phi) is 3.10. The summed E-state index contributed by atoms with van der Waals surface area (Å²) in [7, 11) is 0. The largest absolute Gasteiger partial charge is 0.445 e. The normalized spacial score (nSPS) is 20.4. The van der Waals surface area contributed by atoms with Crippen molar-refractivity contribution in [1.82, 2.24) is 4.98 Å². The monoisotopic (exact) mass is 208 g/mol. The Bertz CT molecular complexity index is 313. The number of hydrogen-bond acceptors (Lipinski definition) is 3. The molecule has 0 bridgehead atoms. The molecule has 0 aromatic carbocycles. The third-order valence-corrected chi connectivity index (χ3v) is 3.42. The molecule has 0 aliphatic heterocycles. The van der Waals surface area contributed by atoms with Crippen LogP contribution in [-0.4, -0.2) is 11.5 Å². The van der Waals surface area contributed by atoms with Gasteiger partial charge in [0, 0.05) is 11.8 Å². The zero-order valence-electron chi connectivity index (χ0n) is 9.46. The fourth-order valence-electron chi connectivity index (χ4n) is 2.39. The fourth-order valence-corrected chi connectivity index (χ4v) is 2.39. The molecule has 0 spiro atoms. The lowest BCUT2D eigenvalue weighted by Crippen LogP contribution is -2.25. The average Bonchev–Trinajstić information content (AvgIpc) is 2.69. The Hall–Kier alpha value is -0.830. The minimum atomic E-state index is 0.172. The van der Waals surface area contributed by atoms with Crippen molar-refractivity contribution in [3.05, 3.63) is 17.8 Å². The molecule has 15 heavy (non-hydrogen) atoms. The summed E-state index contributed by atoms with van der Waals surface area (Å²) in [5.41, 5.74) is 5.67. The summed E-state index contributed by atoms with van der Waals surface area (Å²) in [5.74, 6) is 1.85. The van der Waals surface area contributed by atoms with Gasteiger partial charge in [0.05, 0.1) is 6.20 Å². The van der Waals surface area contributed by atoms with E-state index in [-0.39, 0.29) is 5.41 Å². The molecule has 3 heteroatoms. The number of hydrogen-bond donors (Lipinski definition) is 1. The van der Waals surface area contributed by atoms with Crippen LogP contribution in [-0.2, 0) is 11.8 Å². The van der Waals surface area contributed by atoms with Crippen LogP contribution in [0.5, 0.6) is 0 Å². The molecule has 0 atom stereocenters. The van der Waals surface area contributed by atoms with E-state index in [4.69, 9.17) is 10.2 Å². The summed E-state index contributed by atoms with van der Waals surface area (Å²) < 4.78 is 5.78. The average molecular weight is 208 g/mol. The van der Waals surface area contributed by atoms with E-state index >= 15 is 0 Å². The van der Waals surface area contributed by atoms with Crippen LogP contribution >= 0.6 is 0 Å². The molecular formula is C12H20N2O. The second kappa shape index (κ2) is 4.35. The standard InChI is InChI=1S/C12H20N2O/c1-12(6-3-2-4-7-12)11-14-9-10(15-11)5-8-13/h9H,2-8,13H2,1H3. The van der Waals surface area contributed by atoms with Gasteiger partial charge < -0.3 is 10.2 Å². The van der Waals surface area contributed by atoms with E-state index in [1.165, 1.54) is 32.1 Å².